The second-order valence-corrected chi connectivity index (χ2v) is 17.1. The van der Waals surface area contributed by atoms with E-state index in [2.05, 4.69) is 0 Å². The number of carbonyl (C=O) groups is 2. The van der Waals surface area contributed by atoms with E-state index in [0.717, 1.165) is 11.1 Å². The standard InChI is InChI=1S/C36H34FN3O5S3/c1-34(2)32(41)39-31-35(25-16-20-27(45-4)21-17-25,23-36(39,33(42)38(34)3)47-46-22-24-14-18-26(37)19-15-24)29-12-8-9-13-30(29)40(31)48(43,44)28-10-6-5-7-11-28/h5-21,31H,22-23H2,1-4H3/t31-,35-,36-/m0/s1. The lowest BCUT2D eigenvalue weighted by molar-refractivity contribution is -0.168. The quantitative estimate of drug-likeness (QED) is 0.196. The van der Waals surface area contributed by atoms with E-state index in [0.29, 0.717) is 22.8 Å². The number of amides is 2. The lowest BCUT2D eigenvalue weighted by Gasteiger charge is -2.53. The zero-order valence-electron chi connectivity index (χ0n) is 26.8. The van der Waals surface area contributed by atoms with Crippen LogP contribution < -0.4 is 9.04 Å². The van der Waals surface area contributed by atoms with Crippen LogP contribution >= 0.6 is 21.6 Å². The first-order valence-corrected chi connectivity index (χ1v) is 19.2. The largest absolute Gasteiger partial charge is 0.497 e. The van der Waals surface area contributed by atoms with Gasteiger partial charge < -0.3 is 9.64 Å². The van der Waals surface area contributed by atoms with Crippen LogP contribution in [0.1, 0.15) is 37.0 Å². The third-order valence-electron chi connectivity index (χ3n) is 9.90. The Morgan fingerprint density at radius 3 is 2.19 bits per heavy atom. The van der Waals surface area contributed by atoms with Gasteiger partial charge in [-0.3, -0.25) is 14.5 Å². The van der Waals surface area contributed by atoms with Gasteiger partial charge in [0.1, 0.15) is 23.3 Å². The molecule has 0 saturated carbocycles. The summed E-state index contributed by atoms with van der Waals surface area (Å²) in [4.78, 5) is 31.5. The van der Waals surface area contributed by atoms with E-state index in [1.165, 1.54) is 42.9 Å². The molecule has 7 rings (SSSR count). The lowest BCUT2D eigenvalue weighted by atomic mass is 9.72. The van der Waals surface area contributed by atoms with Crippen molar-refractivity contribution < 1.29 is 27.1 Å². The number of benzene rings is 4. The molecule has 3 aliphatic heterocycles. The Kier molecular flexibility index (Phi) is 7.84. The maximum atomic E-state index is 15.0. The summed E-state index contributed by atoms with van der Waals surface area (Å²) in [6.45, 7) is 3.39. The van der Waals surface area contributed by atoms with Crippen LogP contribution in [-0.2, 0) is 30.8 Å². The van der Waals surface area contributed by atoms with Crippen LogP contribution in [0.3, 0.4) is 0 Å². The normalized spacial score (nSPS) is 24.4. The number of piperazine rings is 1. The molecule has 2 saturated heterocycles. The molecule has 4 aromatic rings. The number of rotatable bonds is 8. The third-order valence-corrected chi connectivity index (χ3v) is 14.6. The van der Waals surface area contributed by atoms with E-state index in [4.69, 9.17) is 4.74 Å². The number of likely N-dealkylation sites (N-methyl/N-ethyl adjacent to an activating group) is 1. The van der Waals surface area contributed by atoms with Crippen molar-refractivity contribution in [3.8, 4) is 5.75 Å². The monoisotopic (exact) mass is 703 g/mol. The molecule has 0 spiro atoms. The molecule has 0 unspecified atom stereocenters. The Morgan fingerprint density at radius 2 is 1.52 bits per heavy atom. The zero-order chi connectivity index (χ0) is 34.1. The van der Waals surface area contributed by atoms with Crippen molar-refractivity contribution in [1.29, 1.82) is 0 Å². The molecule has 248 valence electrons. The number of para-hydroxylation sites is 1. The van der Waals surface area contributed by atoms with Crippen molar-refractivity contribution in [2.45, 2.75) is 52.9 Å². The zero-order valence-corrected chi connectivity index (χ0v) is 29.2. The Bertz CT molecular complexity index is 2010. The number of anilines is 1. The van der Waals surface area contributed by atoms with Crippen LogP contribution in [0.4, 0.5) is 10.1 Å². The molecule has 2 fully saturated rings. The Balaban J connectivity index is 1.48. The fourth-order valence-electron chi connectivity index (χ4n) is 7.24. The molecule has 0 N–H and O–H groups in total. The van der Waals surface area contributed by atoms with Gasteiger partial charge in [-0.1, -0.05) is 82.3 Å². The predicted molar refractivity (Wildman–Crippen MR) is 186 cm³/mol. The maximum Gasteiger partial charge on any atom is 0.266 e. The molecule has 2 amide bonds. The Labute approximate surface area is 287 Å². The molecule has 0 bridgehead atoms. The van der Waals surface area contributed by atoms with Gasteiger partial charge in [-0.05, 0) is 73.0 Å². The van der Waals surface area contributed by atoms with Gasteiger partial charge in [0.05, 0.1) is 23.1 Å². The fraction of sp³-hybridized carbons (Fsp3) is 0.278. The summed E-state index contributed by atoms with van der Waals surface area (Å²) in [5.74, 6) is 0.0511. The molecular formula is C36H34FN3O5S3. The molecular weight excluding hydrogens is 670 g/mol. The van der Waals surface area contributed by atoms with Crippen molar-refractivity contribution in [3.05, 3.63) is 126 Å². The smallest absolute Gasteiger partial charge is 0.266 e. The van der Waals surface area contributed by atoms with Gasteiger partial charge >= 0.3 is 0 Å². The summed E-state index contributed by atoms with van der Waals surface area (Å²) in [6.07, 6.45) is -1.00. The maximum absolute atomic E-state index is 15.0. The first-order valence-electron chi connectivity index (χ1n) is 15.4. The summed E-state index contributed by atoms with van der Waals surface area (Å²) in [5, 5.41) is 0. The Hall–Kier alpha value is -4.00. The van der Waals surface area contributed by atoms with Gasteiger partial charge in [0.25, 0.3) is 21.8 Å². The van der Waals surface area contributed by atoms with Crippen molar-refractivity contribution >= 4 is 49.1 Å². The topological polar surface area (TPSA) is 87.2 Å². The van der Waals surface area contributed by atoms with Crippen molar-refractivity contribution in [2.75, 3.05) is 18.5 Å². The van der Waals surface area contributed by atoms with E-state index in [-0.39, 0.29) is 28.9 Å². The molecule has 0 aliphatic carbocycles. The third kappa shape index (κ3) is 4.59. The van der Waals surface area contributed by atoms with Crippen LogP contribution in [0.15, 0.2) is 108 Å². The van der Waals surface area contributed by atoms with Crippen LogP contribution in [0.5, 0.6) is 5.75 Å². The van der Waals surface area contributed by atoms with Crippen LogP contribution in [0, 0.1) is 5.82 Å². The van der Waals surface area contributed by atoms with Crippen LogP contribution in [0.2, 0.25) is 0 Å². The van der Waals surface area contributed by atoms with Gasteiger partial charge in [-0.2, -0.15) is 0 Å². The molecule has 4 aromatic carbocycles. The minimum absolute atomic E-state index is 0.0772. The summed E-state index contributed by atoms with van der Waals surface area (Å²) in [6, 6.07) is 29.1. The fourth-order valence-corrected chi connectivity index (χ4v) is 12.1. The van der Waals surface area contributed by atoms with Crippen molar-refractivity contribution in [1.82, 2.24) is 9.80 Å². The van der Waals surface area contributed by atoms with Gasteiger partial charge in [-0.25, -0.2) is 17.1 Å². The second kappa shape index (κ2) is 11.6. The van der Waals surface area contributed by atoms with E-state index >= 15 is 0 Å². The van der Waals surface area contributed by atoms with Gasteiger partial charge in [0.2, 0.25) is 0 Å². The van der Waals surface area contributed by atoms with E-state index in [1.807, 2.05) is 36.4 Å². The van der Waals surface area contributed by atoms with Gasteiger partial charge in [-0.15, -0.1) is 0 Å². The molecule has 0 aromatic heterocycles. The van der Waals surface area contributed by atoms with Crippen LogP contribution in [-0.4, -0.2) is 60.8 Å². The number of nitrogens with zero attached hydrogens (tertiary/aromatic N) is 3. The number of hydrogen-bond acceptors (Lipinski definition) is 7. The average Bonchev–Trinajstić information content (AvgIpc) is 3.56. The number of fused-ring (bicyclic) bond motifs is 5. The van der Waals surface area contributed by atoms with E-state index in [9.17, 15) is 22.4 Å². The number of halogens is 1. The first kappa shape index (κ1) is 32.5. The van der Waals surface area contributed by atoms with Crippen molar-refractivity contribution in [3.63, 3.8) is 0 Å². The first-order chi connectivity index (χ1) is 22.9. The molecule has 8 nitrogen and oxygen atoms in total. The van der Waals surface area contributed by atoms with Crippen LogP contribution in [0.25, 0.3) is 0 Å². The highest BCUT2D eigenvalue weighted by atomic mass is 33.1. The predicted octanol–water partition coefficient (Wildman–Crippen LogP) is 6.42. The minimum atomic E-state index is -4.26. The number of carbonyl (C=O) groups excluding carboxylic acids is 2. The Morgan fingerprint density at radius 1 is 0.875 bits per heavy atom. The minimum Gasteiger partial charge on any atom is -0.497 e. The highest BCUT2D eigenvalue weighted by molar-refractivity contribution is 8.77. The highest BCUT2D eigenvalue weighted by Crippen LogP contribution is 2.67. The highest BCUT2D eigenvalue weighted by Gasteiger charge is 2.76. The number of sulfonamides is 1. The lowest BCUT2D eigenvalue weighted by Crippen LogP contribution is -2.73. The van der Waals surface area contributed by atoms with Gasteiger partial charge in [0.15, 0.2) is 4.87 Å². The second-order valence-electron chi connectivity index (χ2n) is 12.7. The molecule has 3 aliphatic rings. The molecule has 3 heterocycles. The molecule has 12 heteroatoms. The summed E-state index contributed by atoms with van der Waals surface area (Å²) in [7, 11) is 1.59. The number of methoxy groups -OCH3 is 1. The SMILES string of the molecule is COc1ccc([C@]23C[C@]4(SSCc5ccc(F)cc5)C(=O)N(C)C(C)(C)C(=O)N4[C@H]2N(S(=O)(=O)c2ccccc2)c2ccccc23)cc1. The number of hydrogen-bond donors (Lipinski definition) is 0. The molecule has 0 radical (unpaired) electrons. The van der Waals surface area contributed by atoms with E-state index in [1.54, 1.807) is 87.5 Å². The molecule has 48 heavy (non-hydrogen) atoms. The average molecular weight is 704 g/mol. The number of ether oxygens (including phenoxy) is 1. The van der Waals surface area contributed by atoms with Crippen molar-refractivity contribution in [2.24, 2.45) is 0 Å². The van der Waals surface area contributed by atoms with Gasteiger partial charge in [0, 0.05) is 19.2 Å². The summed E-state index contributed by atoms with van der Waals surface area (Å²) in [5.41, 5.74) is 0.360. The van der Waals surface area contributed by atoms with E-state index < -0.39 is 32.0 Å². The molecule has 3 atom stereocenters. The summed E-state index contributed by atoms with van der Waals surface area (Å²) >= 11 is 0. The summed E-state index contributed by atoms with van der Waals surface area (Å²) < 4.78 is 50.2.